The molecule has 2 aromatic rings. The smallest absolute Gasteiger partial charge is 0.377 e. The van der Waals surface area contributed by atoms with Crippen molar-refractivity contribution in [2.75, 3.05) is 66.0 Å². The number of aromatic nitrogens is 2. The van der Waals surface area contributed by atoms with Crippen LogP contribution in [0.15, 0.2) is 41.7 Å². The Bertz CT molecular complexity index is 757. The first-order valence-electron chi connectivity index (χ1n) is 10.3. The van der Waals surface area contributed by atoms with Gasteiger partial charge in [-0.05, 0) is 30.5 Å². The van der Waals surface area contributed by atoms with Gasteiger partial charge in [0, 0.05) is 6.20 Å². The summed E-state index contributed by atoms with van der Waals surface area (Å²) in [5.74, 6) is 0. The normalized spacial score (nSPS) is 20.7. The molecule has 0 spiro atoms. The third-order valence-corrected chi connectivity index (χ3v) is 4.54. The molecule has 0 bridgehead atoms. The van der Waals surface area contributed by atoms with Crippen LogP contribution >= 0.6 is 0 Å². The van der Waals surface area contributed by atoms with E-state index in [2.05, 4.69) is 9.98 Å². The van der Waals surface area contributed by atoms with Crippen molar-refractivity contribution in [3.63, 3.8) is 0 Å². The second kappa shape index (κ2) is 13.4. The molecule has 3 rings (SSSR count). The van der Waals surface area contributed by atoms with Crippen LogP contribution in [0.5, 0.6) is 0 Å². The Morgan fingerprint density at radius 1 is 0.968 bits per heavy atom. The van der Waals surface area contributed by atoms with Gasteiger partial charge in [-0.1, -0.05) is 0 Å². The summed E-state index contributed by atoms with van der Waals surface area (Å²) in [6.07, 6.45) is 2.71. The summed E-state index contributed by atoms with van der Waals surface area (Å²) in [5, 5.41) is 0. The number of H-pyrrole nitrogens is 1. The maximum Gasteiger partial charge on any atom is 0.677 e. The summed E-state index contributed by atoms with van der Waals surface area (Å²) in [5.41, 5.74) is 1.41. The fourth-order valence-electron chi connectivity index (χ4n) is 3.04. The third-order valence-electron chi connectivity index (χ3n) is 4.54. The lowest BCUT2D eigenvalue weighted by Crippen LogP contribution is -2.27. The van der Waals surface area contributed by atoms with Crippen LogP contribution in [0.4, 0.5) is 8.63 Å². The van der Waals surface area contributed by atoms with E-state index < -0.39 is 7.40 Å². The van der Waals surface area contributed by atoms with Gasteiger partial charge in [0.25, 0.3) is 0 Å². The number of aliphatic imine (C=N–C) groups is 1. The van der Waals surface area contributed by atoms with Crippen molar-refractivity contribution in [3.8, 4) is 0 Å². The number of nitrogens with zero attached hydrogens (tertiary/aromatic N) is 2. The number of hydrogen-bond donors (Lipinski definition) is 1. The zero-order chi connectivity index (χ0) is 21.7. The Morgan fingerprint density at radius 2 is 1.65 bits per heavy atom. The van der Waals surface area contributed by atoms with Crippen LogP contribution in [0.1, 0.15) is 11.4 Å². The van der Waals surface area contributed by atoms with Gasteiger partial charge in [0.15, 0.2) is 0 Å². The molecule has 1 fully saturated rings. The van der Waals surface area contributed by atoms with Crippen molar-refractivity contribution in [1.29, 1.82) is 0 Å². The van der Waals surface area contributed by atoms with Crippen LogP contribution in [-0.2, 0) is 23.7 Å². The molecule has 1 N–H and O–H groups in total. The molecule has 0 radical (unpaired) electrons. The highest BCUT2D eigenvalue weighted by Crippen LogP contribution is 2.13. The largest absolute Gasteiger partial charge is 0.677 e. The van der Waals surface area contributed by atoms with E-state index in [9.17, 15) is 8.63 Å². The average Bonchev–Trinajstić information content (AvgIpc) is 3.45. The molecule has 0 amide bonds. The van der Waals surface area contributed by atoms with E-state index in [0.717, 1.165) is 4.48 Å². The molecule has 1 aliphatic heterocycles. The first-order chi connectivity index (χ1) is 15.3. The highest BCUT2D eigenvalue weighted by atomic mass is 19.2. The van der Waals surface area contributed by atoms with Crippen LogP contribution < -0.4 is 0 Å². The molecule has 1 saturated heterocycles. The molecule has 1 aliphatic rings. The Balaban J connectivity index is 1.69. The third kappa shape index (κ3) is 7.86. The summed E-state index contributed by atoms with van der Waals surface area (Å²) in [6, 6.07) is 6.78. The van der Waals surface area contributed by atoms with Gasteiger partial charge in [-0.15, -0.1) is 0 Å². The molecule has 1 atom stereocenters. The molecule has 0 aliphatic carbocycles. The zero-order valence-electron chi connectivity index (χ0n) is 17.4. The minimum absolute atomic E-state index is 0.243. The summed E-state index contributed by atoms with van der Waals surface area (Å²) in [4.78, 5) is 7.67. The summed E-state index contributed by atoms with van der Waals surface area (Å²) >= 11 is 0. The zero-order valence-corrected chi connectivity index (χ0v) is 17.4. The number of halogens is 2. The van der Waals surface area contributed by atoms with Crippen molar-refractivity contribution < 1.29 is 32.3 Å². The number of rotatable bonds is 5. The SMILES string of the molecule is FB(F)n1cccc1C(=NCC1COCCOCCOCCOCCO1)c1ccc[nH]1. The highest BCUT2D eigenvalue weighted by Gasteiger charge is 2.23. The monoisotopic (exact) mass is 439 g/mol. The minimum atomic E-state index is -2.66. The van der Waals surface area contributed by atoms with Gasteiger partial charge in [0.1, 0.15) is 11.8 Å². The second-order valence-corrected chi connectivity index (χ2v) is 6.76. The molecule has 31 heavy (non-hydrogen) atoms. The van der Waals surface area contributed by atoms with E-state index in [4.69, 9.17) is 23.7 Å². The van der Waals surface area contributed by atoms with E-state index in [-0.39, 0.29) is 12.6 Å². The minimum Gasteiger partial charge on any atom is -0.377 e. The molecule has 2 aromatic heterocycles. The fraction of sp³-hybridized carbons (Fsp3) is 0.550. The Hall–Kier alpha value is -2.05. The van der Waals surface area contributed by atoms with Crippen molar-refractivity contribution in [1.82, 2.24) is 9.46 Å². The van der Waals surface area contributed by atoms with Crippen molar-refractivity contribution in [3.05, 3.63) is 48.0 Å². The molecule has 0 saturated carbocycles. The molecule has 170 valence electrons. The van der Waals surface area contributed by atoms with Gasteiger partial charge < -0.3 is 33.1 Å². The van der Waals surface area contributed by atoms with E-state index in [1.54, 1.807) is 30.5 Å². The van der Waals surface area contributed by atoms with E-state index in [1.165, 1.54) is 6.20 Å². The average molecular weight is 439 g/mol. The topological polar surface area (TPSA) is 79.2 Å². The lowest BCUT2D eigenvalue weighted by Gasteiger charge is -2.17. The fourth-order valence-corrected chi connectivity index (χ4v) is 3.04. The Labute approximate surface area is 180 Å². The molecule has 11 heteroatoms. The van der Waals surface area contributed by atoms with Gasteiger partial charge in [-0.3, -0.25) is 13.6 Å². The van der Waals surface area contributed by atoms with E-state index in [1.807, 2.05) is 0 Å². The van der Waals surface area contributed by atoms with Gasteiger partial charge >= 0.3 is 7.40 Å². The van der Waals surface area contributed by atoms with E-state index >= 15 is 0 Å². The van der Waals surface area contributed by atoms with Gasteiger partial charge in [-0.2, -0.15) is 0 Å². The van der Waals surface area contributed by atoms with Crippen LogP contribution in [0.3, 0.4) is 0 Å². The first-order valence-corrected chi connectivity index (χ1v) is 10.3. The van der Waals surface area contributed by atoms with Crippen LogP contribution in [0, 0.1) is 0 Å². The number of hydrogen-bond acceptors (Lipinski definition) is 6. The predicted molar refractivity (Wildman–Crippen MR) is 112 cm³/mol. The van der Waals surface area contributed by atoms with Crippen molar-refractivity contribution in [2.24, 2.45) is 4.99 Å². The number of nitrogens with one attached hydrogen (secondary N) is 1. The Kier molecular flexibility index (Phi) is 10.2. The molecule has 0 aromatic carbocycles. The van der Waals surface area contributed by atoms with E-state index in [0.29, 0.717) is 76.6 Å². The lowest BCUT2D eigenvalue weighted by molar-refractivity contribution is -0.0413. The van der Waals surface area contributed by atoms with Gasteiger partial charge in [0.05, 0.1) is 77.4 Å². The number of ether oxygens (including phenoxy) is 5. The summed E-state index contributed by atoms with van der Waals surface area (Å²) in [7, 11) is -2.66. The Morgan fingerprint density at radius 3 is 2.29 bits per heavy atom. The summed E-state index contributed by atoms with van der Waals surface area (Å²) in [6.45, 7) is 4.17. The quantitative estimate of drug-likeness (QED) is 0.569. The maximum absolute atomic E-state index is 13.4. The molecular formula is C20H28BF2N3O5. The molecule has 3 heterocycles. The predicted octanol–water partition coefficient (Wildman–Crippen LogP) is 1.89. The molecular weight excluding hydrogens is 411 g/mol. The van der Waals surface area contributed by atoms with Crippen molar-refractivity contribution >= 4 is 13.1 Å². The maximum atomic E-state index is 13.4. The number of aromatic amines is 1. The lowest BCUT2D eigenvalue weighted by atomic mass is 10.1. The molecule has 8 nitrogen and oxygen atoms in total. The highest BCUT2D eigenvalue weighted by molar-refractivity contribution is 6.42. The van der Waals surface area contributed by atoms with Crippen LogP contribution in [-0.4, -0.2) is 94.7 Å². The first kappa shape index (κ1) is 23.6. The van der Waals surface area contributed by atoms with Crippen LogP contribution in [0.25, 0.3) is 0 Å². The standard InChI is InChI=1S/C20H28BF2N3O5/c22-21(23)26-6-2-4-19(26)20(18-3-1-5-24-18)25-15-17-16-30-12-11-28-8-7-27-9-10-29-13-14-31-17/h1-6,17,24H,7-16H2. The summed E-state index contributed by atoms with van der Waals surface area (Å²) < 4.78 is 55.6. The second-order valence-electron chi connectivity index (χ2n) is 6.76. The van der Waals surface area contributed by atoms with Gasteiger partial charge in [0.2, 0.25) is 0 Å². The van der Waals surface area contributed by atoms with Gasteiger partial charge in [-0.25, -0.2) is 0 Å². The molecule has 1 unspecified atom stereocenters. The van der Waals surface area contributed by atoms with Crippen LogP contribution in [0.2, 0.25) is 0 Å². The van der Waals surface area contributed by atoms with Crippen molar-refractivity contribution in [2.45, 2.75) is 6.10 Å².